The van der Waals surface area contributed by atoms with Gasteiger partial charge in [-0.2, -0.15) is 5.10 Å². The SMILES string of the molecule is C.c1cc2nccn2cn1.c1cn2ccnc2cn1.c1cnc2nccn2c1.c1cnn2ccnc2c1. The molecule has 0 unspecified atom stereocenters. The number of rotatable bonds is 0. The maximum absolute atomic E-state index is 4.04. The molecule has 0 amide bonds. The summed E-state index contributed by atoms with van der Waals surface area (Å²) in [5.41, 5.74) is 2.71. The Labute approximate surface area is 211 Å². The number of hydrogen-bond acceptors (Lipinski definition) is 8. The van der Waals surface area contributed by atoms with Crippen molar-refractivity contribution < 1.29 is 0 Å². The van der Waals surface area contributed by atoms with E-state index in [1.165, 1.54) is 0 Å². The number of nitrogens with zero attached hydrogens (tertiary/aromatic N) is 12. The molecule has 0 aromatic carbocycles. The van der Waals surface area contributed by atoms with Crippen molar-refractivity contribution in [1.82, 2.24) is 57.7 Å². The number of imidazole rings is 4. The molecular formula is C25H24N12. The molecule has 0 saturated heterocycles. The quantitative estimate of drug-likeness (QED) is 0.315. The van der Waals surface area contributed by atoms with Gasteiger partial charge in [-0.15, -0.1) is 0 Å². The van der Waals surface area contributed by atoms with Gasteiger partial charge in [0.15, 0.2) is 11.3 Å². The summed E-state index contributed by atoms with van der Waals surface area (Å²) in [6.45, 7) is 0. The Hall–Kier alpha value is -5.52. The summed E-state index contributed by atoms with van der Waals surface area (Å²) in [7, 11) is 0. The lowest BCUT2D eigenvalue weighted by Gasteiger charge is -1.86. The zero-order valence-electron chi connectivity index (χ0n) is 18.9. The average Bonchev–Trinajstić information content (AvgIpc) is 3.76. The molecule has 0 aliphatic carbocycles. The summed E-state index contributed by atoms with van der Waals surface area (Å²) in [5.74, 6) is 0.748. The lowest BCUT2D eigenvalue weighted by molar-refractivity contribution is 0.936. The van der Waals surface area contributed by atoms with Crippen LogP contribution >= 0.6 is 0 Å². The zero-order valence-corrected chi connectivity index (χ0v) is 18.9. The molecule has 12 nitrogen and oxygen atoms in total. The Morgan fingerprint density at radius 2 is 1.22 bits per heavy atom. The Morgan fingerprint density at radius 1 is 0.486 bits per heavy atom. The standard InChI is InChI=1S/4C6H5N3.CH4/c1-3-9-4-2-8-6(9)5-7-1;1-2-7-5-9-4-3-8-6(1)9;1-2-7-6-8-3-5-9(6)4-1;1-2-6-7-4-5-9(6)8-3-1;/h4*1-5H;1H4. The highest BCUT2D eigenvalue weighted by atomic mass is 15.2. The van der Waals surface area contributed by atoms with E-state index in [1.807, 2.05) is 74.6 Å². The molecule has 0 saturated carbocycles. The smallest absolute Gasteiger partial charge is 0.233 e. The first-order valence-corrected chi connectivity index (χ1v) is 10.8. The van der Waals surface area contributed by atoms with Crippen LogP contribution in [0.15, 0.2) is 124 Å². The molecule has 0 bridgehead atoms. The first kappa shape index (κ1) is 24.6. The van der Waals surface area contributed by atoms with E-state index in [-0.39, 0.29) is 7.43 Å². The minimum atomic E-state index is 0. The molecule has 8 aromatic heterocycles. The van der Waals surface area contributed by atoms with Crippen LogP contribution in [0.25, 0.3) is 22.7 Å². The minimum absolute atomic E-state index is 0. The van der Waals surface area contributed by atoms with Crippen LogP contribution in [0.1, 0.15) is 7.43 Å². The molecule has 184 valence electrons. The second kappa shape index (κ2) is 12.3. The molecule has 0 atom stereocenters. The van der Waals surface area contributed by atoms with Crippen LogP contribution in [0, 0.1) is 0 Å². The first-order chi connectivity index (χ1) is 17.9. The summed E-state index contributed by atoms with van der Waals surface area (Å²) < 4.78 is 7.35. The fourth-order valence-electron chi connectivity index (χ4n) is 3.07. The molecule has 8 heterocycles. The van der Waals surface area contributed by atoms with E-state index in [0.29, 0.717) is 0 Å². The average molecular weight is 493 g/mol. The van der Waals surface area contributed by atoms with Crippen molar-refractivity contribution in [1.29, 1.82) is 0 Å². The third kappa shape index (κ3) is 6.33. The van der Waals surface area contributed by atoms with Crippen molar-refractivity contribution in [3.8, 4) is 0 Å². The molecule has 37 heavy (non-hydrogen) atoms. The first-order valence-electron chi connectivity index (χ1n) is 10.8. The van der Waals surface area contributed by atoms with Gasteiger partial charge in [-0.25, -0.2) is 34.4 Å². The van der Waals surface area contributed by atoms with Gasteiger partial charge < -0.3 is 4.40 Å². The highest BCUT2D eigenvalue weighted by molar-refractivity contribution is 5.35. The third-order valence-corrected chi connectivity index (χ3v) is 4.74. The van der Waals surface area contributed by atoms with E-state index < -0.39 is 0 Å². The second-order valence-electron chi connectivity index (χ2n) is 7.05. The van der Waals surface area contributed by atoms with Gasteiger partial charge in [0, 0.05) is 86.8 Å². The number of hydrogen-bond donors (Lipinski definition) is 0. The summed E-state index contributed by atoms with van der Waals surface area (Å²) >= 11 is 0. The van der Waals surface area contributed by atoms with Crippen LogP contribution < -0.4 is 0 Å². The normalized spacial score (nSPS) is 9.95. The fraction of sp³-hybridized carbons (Fsp3) is 0.0400. The highest BCUT2D eigenvalue weighted by Gasteiger charge is 1.89. The van der Waals surface area contributed by atoms with Crippen molar-refractivity contribution in [2.24, 2.45) is 0 Å². The van der Waals surface area contributed by atoms with Gasteiger partial charge in [-0.05, 0) is 24.3 Å². The summed E-state index contributed by atoms with van der Waals surface area (Å²) in [5, 5.41) is 4.00. The maximum Gasteiger partial charge on any atom is 0.233 e. The summed E-state index contributed by atoms with van der Waals surface area (Å²) in [6, 6.07) is 7.50. The van der Waals surface area contributed by atoms with Gasteiger partial charge in [0.05, 0.1) is 6.20 Å². The predicted molar refractivity (Wildman–Crippen MR) is 139 cm³/mol. The fourth-order valence-corrected chi connectivity index (χ4v) is 3.07. The highest BCUT2D eigenvalue weighted by Crippen LogP contribution is 1.95. The van der Waals surface area contributed by atoms with Crippen LogP contribution in [0.2, 0.25) is 0 Å². The van der Waals surface area contributed by atoms with Crippen molar-refractivity contribution in [3.63, 3.8) is 0 Å². The van der Waals surface area contributed by atoms with E-state index in [0.717, 1.165) is 22.7 Å². The topological polar surface area (TPSA) is 121 Å². The Balaban J connectivity index is 0.000000114. The second-order valence-corrected chi connectivity index (χ2v) is 7.05. The summed E-state index contributed by atoms with van der Waals surface area (Å²) in [4.78, 5) is 27.9. The van der Waals surface area contributed by atoms with Crippen LogP contribution in [0.3, 0.4) is 0 Å². The largest absolute Gasteiger partial charge is 0.304 e. The lowest BCUT2D eigenvalue weighted by atomic mass is 10.6. The summed E-state index contributed by atoms with van der Waals surface area (Å²) in [6.07, 6.45) is 28.5. The van der Waals surface area contributed by atoms with Gasteiger partial charge in [0.1, 0.15) is 12.0 Å². The maximum atomic E-state index is 4.04. The predicted octanol–water partition coefficient (Wildman–Crippen LogP) is 3.55. The minimum Gasteiger partial charge on any atom is -0.304 e. The zero-order chi connectivity index (χ0) is 24.4. The third-order valence-electron chi connectivity index (χ3n) is 4.74. The van der Waals surface area contributed by atoms with E-state index in [9.17, 15) is 0 Å². The van der Waals surface area contributed by atoms with Gasteiger partial charge in [-0.3, -0.25) is 13.8 Å². The molecule has 8 aromatic rings. The van der Waals surface area contributed by atoms with Crippen molar-refractivity contribution in [2.75, 3.05) is 0 Å². The van der Waals surface area contributed by atoms with Crippen molar-refractivity contribution in [2.45, 2.75) is 7.43 Å². The van der Waals surface area contributed by atoms with Gasteiger partial charge in [0.2, 0.25) is 5.78 Å². The van der Waals surface area contributed by atoms with Crippen LogP contribution in [-0.4, -0.2) is 57.7 Å². The number of aromatic nitrogens is 12. The monoisotopic (exact) mass is 492 g/mol. The van der Waals surface area contributed by atoms with Crippen LogP contribution in [0.4, 0.5) is 0 Å². The molecule has 0 N–H and O–H groups in total. The molecule has 8 rings (SSSR count). The van der Waals surface area contributed by atoms with Gasteiger partial charge in [0.25, 0.3) is 0 Å². The Morgan fingerprint density at radius 3 is 2.05 bits per heavy atom. The van der Waals surface area contributed by atoms with E-state index in [1.54, 1.807) is 66.6 Å². The molecule has 0 aliphatic rings. The van der Waals surface area contributed by atoms with Crippen LogP contribution in [0.5, 0.6) is 0 Å². The molecule has 0 spiro atoms. The molecule has 12 heteroatoms. The number of fused-ring (bicyclic) bond motifs is 4. The van der Waals surface area contributed by atoms with Crippen LogP contribution in [-0.2, 0) is 0 Å². The van der Waals surface area contributed by atoms with Gasteiger partial charge in [-0.1, -0.05) is 7.43 Å². The molecule has 0 fully saturated rings. The van der Waals surface area contributed by atoms with Gasteiger partial charge >= 0.3 is 0 Å². The molecule has 0 radical (unpaired) electrons. The molecule has 0 aliphatic heterocycles. The van der Waals surface area contributed by atoms with E-state index in [4.69, 9.17) is 0 Å². The van der Waals surface area contributed by atoms with Crippen molar-refractivity contribution >= 4 is 22.7 Å². The molecular weight excluding hydrogens is 468 g/mol. The Bertz CT molecular complexity index is 1390. The Kier molecular flexibility index (Phi) is 8.15. The lowest BCUT2D eigenvalue weighted by Crippen LogP contribution is -1.85. The van der Waals surface area contributed by atoms with E-state index >= 15 is 0 Å². The van der Waals surface area contributed by atoms with E-state index in [2.05, 4.69) is 40.0 Å². The van der Waals surface area contributed by atoms with Crippen molar-refractivity contribution in [3.05, 3.63) is 124 Å².